The van der Waals surface area contributed by atoms with Crippen molar-refractivity contribution in [1.29, 1.82) is 0 Å². The molecule has 0 spiro atoms. The molecule has 4 heteroatoms. The van der Waals surface area contributed by atoms with Gasteiger partial charge in [-0.05, 0) is 36.5 Å². The van der Waals surface area contributed by atoms with Gasteiger partial charge in [0.1, 0.15) is 0 Å². The van der Waals surface area contributed by atoms with Gasteiger partial charge in [0.15, 0.2) is 0 Å². The van der Waals surface area contributed by atoms with Crippen molar-refractivity contribution in [1.82, 2.24) is 5.32 Å². The lowest BCUT2D eigenvalue weighted by atomic mass is 9.78. The first-order valence-corrected chi connectivity index (χ1v) is 7.66. The standard InChI is InChI=1S/C17H24N2O2/c1-11-6-4-9-16(12(11)2)19-17(21)14-7-5-8-15(10-14)18-13(3)20/h5,7-8,10-12,16H,4,6,9H2,1-3H3,(H,18,20)(H,19,21)/t11-,12+,16+/m0/s1. The number of carbonyl (C=O) groups excluding carboxylic acids is 2. The summed E-state index contributed by atoms with van der Waals surface area (Å²) in [5.41, 5.74) is 1.24. The lowest BCUT2D eigenvalue weighted by Gasteiger charge is -2.34. The molecule has 0 aliphatic heterocycles. The van der Waals surface area contributed by atoms with E-state index in [4.69, 9.17) is 0 Å². The zero-order chi connectivity index (χ0) is 15.4. The maximum atomic E-state index is 12.4. The molecule has 114 valence electrons. The number of nitrogens with one attached hydrogen (secondary N) is 2. The van der Waals surface area contributed by atoms with Crippen LogP contribution in [0.2, 0.25) is 0 Å². The van der Waals surface area contributed by atoms with Crippen LogP contribution in [0.4, 0.5) is 5.69 Å². The number of anilines is 1. The third kappa shape index (κ3) is 4.06. The Morgan fingerprint density at radius 2 is 1.95 bits per heavy atom. The molecule has 2 N–H and O–H groups in total. The quantitative estimate of drug-likeness (QED) is 0.897. The van der Waals surface area contributed by atoms with Gasteiger partial charge in [0.2, 0.25) is 5.91 Å². The van der Waals surface area contributed by atoms with Crippen molar-refractivity contribution < 1.29 is 9.59 Å². The highest BCUT2D eigenvalue weighted by molar-refractivity contribution is 5.96. The fourth-order valence-electron chi connectivity index (χ4n) is 2.98. The Labute approximate surface area is 126 Å². The number of hydrogen-bond donors (Lipinski definition) is 2. The van der Waals surface area contributed by atoms with E-state index in [0.29, 0.717) is 23.1 Å². The minimum Gasteiger partial charge on any atom is -0.349 e. The van der Waals surface area contributed by atoms with Crippen molar-refractivity contribution in [2.24, 2.45) is 11.8 Å². The second-order valence-electron chi connectivity index (χ2n) is 6.11. The van der Waals surface area contributed by atoms with Gasteiger partial charge < -0.3 is 10.6 Å². The zero-order valence-corrected chi connectivity index (χ0v) is 13.0. The van der Waals surface area contributed by atoms with Crippen LogP contribution in [-0.2, 0) is 4.79 Å². The lowest BCUT2D eigenvalue weighted by molar-refractivity contribution is -0.114. The van der Waals surface area contributed by atoms with E-state index in [9.17, 15) is 9.59 Å². The van der Waals surface area contributed by atoms with Gasteiger partial charge in [-0.15, -0.1) is 0 Å². The van der Waals surface area contributed by atoms with E-state index >= 15 is 0 Å². The summed E-state index contributed by atoms with van der Waals surface area (Å²) in [6.45, 7) is 5.92. The number of rotatable bonds is 3. The summed E-state index contributed by atoms with van der Waals surface area (Å²) in [6.07, 6.45) is 3.45. The number of benzene rings is 1. The third-order valence-electron chi connectivity index (χ3n) is 4.47. The first-order chi connectivity index (χ1) is 9.97. The Kier molecular flexibility index (Phi) is 4.99. The first-order valence-electron chi connectivity index (χ1n) is 7.66. The van der Waals surface area contributed by atoms with E-state index in [0.717, 1.165) is 6.42 Å². The summed E-state index contributed by atoms with van der Waals surface area (Å²) in [4.78, 5) is 23.5. The second kappa shape index (κ2) is 6.74. The van der Waals surface area contributed by atoms with Crippen LogP contribution in [0, 0.1) is 11.8 Å². The average Bonchev–Trinajstić information content (AvgIpc) is 2.43. The van der Waals surface area contributed by atoms with Gasteiger partial charge in [0.25, 0.3) is 5.91 Å². The highest BCUT2D eigenvalue weighted by atomic mass is 16.2. The molecule has 0 radical (unpaired) electrons. The van der Waals surface area contributed by atoms with Gasteiger partial charge >= 0.3 is 0 Å². The van der Waals surface area contributed by atoms with E-state index in [-0.39, 0.29) is 17.9 Å². The smallest absolute Gasteiger partial charge is 0.251 e. The molecule has 1 saturated carbocycles. The van der Waals surface area contributed by atoms with Crippen molar-refractivity contribution in [2.45, 2.75) is 46.1 Å². The monoisotopic (exact) mass is 288 g/mol. The van der Waals surface area contributed by atoms with Crippen LogP contribution < -0.4 is 10.6 Å². The molecule has 2 rings (SSSR count). The predicted octanol–water partition coefficient (Wildman–Crippen LogP) is 3.20. The summed E-state index contributed by atoms with van der Waals surface area (Å²) >= 11 is 0. The summed E-state index contributed by atoms with van der Waals surface area (Å²) in [7, 11) is 0. The Hall–Kier alpha value is -1.84. The molecule has 0 saturated heterocycles. The van der Waals surface area contributed by atoms with Gasteiger partial charge in [-0.1, -0.05) is 32.8 Å². The van der Waals surface area contributed by atoms with Crippen LogP contribution in [0.5, 0.6) is 0 Å². The van der Waals surface area contributed by atoms with Gasteiger partial charge in [-0.3, -0.25) is 9.59 Å². The molecule has 1 fully saturated rings. The second-order valence-corrected chi connectivity index (χ2v) is 6.11. The summed E-state index contributed by atoms with van der Waals surface area (Å²) < 4.78 is 0. The largest absolute Gasteiger partial charge is 0.349 e. The van der Waals surface area contributed by atoms with Crippen molar-refractivity contribution in [3.63, 3.8) is 0 Å². The fourth-order valence-corrected chi connectivity index (χ4v) is 2.98. The predicted molar refractivity (Wildman–Crippen MR) is 84.2 cm³/mol. The molecule has 3 atom stereocenters. The maximum Gasteiger partial charge on any atom is 0.251 e. The van der Waals surface area contributed by atoms with Crippen LogP contribution >= 0.6 is 0 Å². The van der Waals surface area contributed by atoms with Crippen molar-refractivity contribution in [3.8, 4) is 0 Å². The molecular weight excluding hydrogens is 264 g/mol. The van der Waals surface area contributed by atoms with E-state index in [1.165, 1.54) is 19.8 Å². The molecule has 0 bridgehead atoms. The Morgan fingerprint density at radius 1 is 1.19 bits per heavy atom. The minimum absolute atomic E-state index is 0.0619. The normalized spacial score (nSPS) is 25.2. The van der Waals surface area contributed by atoms with E-state index in [1.807, 2.05) is 0 Å². The van der Waals surface area contributed by atoms with E-state index < -0.39 is 0 Å². The van der Waals surface area contributed by atoms with Crippen LogP contribution in [-0.4, -0.2) is 17.9 Å². The molecule has 1 aliphatic rings. The van der Waals surface area contributed by atoms with Gasteiger partial charge in [0.05, 0.1) is 0 Å². The molecule has 2 amide bonds. The average molecular weight is 288 g/mol. The Balaban J connectivity index is 2.04. The first kappa shape index (κ1) is 15.5. The SMILES string of the molecule is CC(=O)Nc1cccc(C(=O)N[C@@H]2CCC[C@H](C)[C@H]2C)c1. The molecule has 0 unspecified atom stereocenters. The summed E-state index contributed by atoms with van der Waals surface area (Å²) in [6, 6.07) is 7.30. The molecule has 1 aliphatic carbocycles. The number of amides is 2. The van der Waals surface area contributed by atoms with E-state index in [1.54, 1.807) is 24.3 Å². The van der Waals surface area contributed by atoms with Gasteiger partial charge in [0, 0.05) is 24.2 Å². The Morgan fingerprint density at radius 3 is 2.67 bits per heavy atom. The van der Waals surface area contributed by atoms with Crippen LogP contribution in [0.15, 0.2) is 24.3 Å². The third-order valence-corrected chi connectivity index (χ3v) is 4.47. The van der Waals surface area contributed by atoms with Crippen LogP contribution in [0.25, 0.3) is 0 Å². The summed E-state index contributed by atoms with van der Waals surface area (Å²) in [5, 5.41) is 5.84. The molecular formula is C17H24N2O2. The molecule has 4 nitrogen and oxygen atoms in total. The number of hydrogen-bond acceptors (Lipinski definition) is 2. The molecule has 0 aromatic heterocycles. The molecule has 0 heterocycles. The van der Waals surface area contributed by atoms with Gasteiger partial charge in [-0.2, -0.15) is 0 Å². The zero-order valence-electron chi connectivity index (χ0n) is 13.0. The fraction of sp³-hybridized carbons (Fsp3) is 0.529. The van der Waals surface area contributed by atoms with Crippen molar-refractivity contribution in [3.05, 3.63) is 29.8 Å². The number of carbonyl (C=O) groups is 2. The van der Waals surface area contributed by atoms with Crippen LogP contribution in [0.3, 0.4) is 0 Å². The van der Waals surface area contributed by atoms with Crippen molar-refractivity contribution in [2.75, 3.05) is 5.32 Å². The molecule has 1 aromatic rings. The van der Waals surface area contributed by atoms with E-state index in [2.05, 4.69) is 24.5 Å². The van der Waals surface area contributed by atoms with Crippen LogP contribution in [0.1, 0.15) is 50.4 Å². The molecule has 1 aromatic carbocycles. The molecule has 21 heavy (non-hydrogen) atoms. The van der Waals surface area contributed by atoms with Crippen molar-refractivity contribution >= 4 is 17.5 Å². The highest BCUT2D eigenvalue weighted by Crippen LogP contribution is 2.29. The Bertz CT molecular complexity index is 527. The topological polar surface area (TPSA) is 58.2 Å². The summed E-state index contributed by atoms with van der Waals surface area (Å²) in [5.74, 6) is 0.950. The minimum atomic E-state index is -0.137. The van der Waals surface area contributed by atoms with Gasteiger partial charge in [-0.25, -0.2) is 0 Å². The highest BCUT2D eigenvalue weighted by Gasteiger charge is 2.28. The lowest BCUT2D eigenvalue weighted by Crippen LogP contribution is -2.43. The maximum absolute atomic E-state index is 12.4.